The number of carbonyl (C=O) groups is 1. The molecule has 186 valence electrons. The molecular formula is C25H33N7O3. The molecule has 10 nitrogen and oxygen atoms in total. The van der Waals surface area contributed by atoms with Crippen molar-refractivity contribution in [3.8, 4) is 0 Å². The monoisotopic (exact) mass is 479 g/mol. The molecule has 3 aliphatic rings. The highest BCUT2D eigenvalue weighted by molar-refractivity contribution is 5.96. The molecule has 5 rings (SSSR count). The zero-order valence-electron chi connectivity index (χ0n) is 20.1. The van der Waals surface area contributed by atoms with Gasteiger partial charge in [0.2, 0.25) is 0 Å². The van der Waals surface area contributed by atoms with Crippen molar-refractivity contribution in [3.05, 3.63) is 53.7 Å². The van der Waals surface area contributed by atoms with Gasteiger partial charge in [-0.15, -0.1) is 0 Å². The van der Waals surface area contributed by atoms with Crippen molar-refractivity contribution in [2.45, 2.75) is 25.0 Å². The summed E-state index contributed by atoms with van der Waals surface area (Å²) in [7, 11) is 2.16. The smallest absolute Gasteiger partial charge is 0.410 e. The van der Waals surface area contributed by atoms with E-state index in [1.54, 1.807) is 4.90 Å². The Morgan fingerprint density at radius 3 is 2.54 bits per heavy atom. The van der Waals surface area contributed by atoms with E-state index < -0.39 is 0 Å². The second kappa shape index (κ2) is 9.61. The van der Waals surface area contributed by atoms with Gasteiger partial charge >= 0.3 is 6.09 Å². The summed E-state index contributed by atoms with van der Waals surface area (Å²) in [6, 6.07) is 13.6. The van der Waals surface area contributed by atoms with Gasteiger partial charge in [0.1, 0.15) is 18.1 Å². The van der Waals surface area contributed by atoms with Crippen LogP contribution in [0.2, 0.25) is 0 Å². The Labute approximate surface area is 205 Å². The van der Waals surface area contributed by atoms with Crippen LogP contribution in [0.3, 0.4) is 0 Å². The Balaban J connectivity index is 1.28. The summed E-state index contributed by atoms with van der Waals surface area (Å²) in [4.78, 5) is 26.0. The van der Waals surface area contributed by atoms with Crippen LogP contribution in [0.15, 0.2) is 47.6 Å². The largest absolute Gasteiger partial charge is 0.445 e. The van der Waals surface area contributed by atoms with Crippen molar-refractivity contribution >= 4 is 23.4 Å². The number of nitrogens with two attached hydrogens (primary N) is 1. The second-order valence-corrected chi connectivity index (χ2v) is 9.68. The lowest BCUT2D eigenvalue weighted by molar-refractivity contribution is 0.0942. The standard InChI is InChI=1S/C25H33N7O3/c1-29-9-14-32(25(18-29)7-8-25)22-16-20(15-21(27-22)23(26)28-34)30-10-12-31(13-11-30)24(33)35-17-19-5-3-2-4-6-19/h2-6,15-16,34H,7-14,17-18H2,1H3,(H2,26,28). The summed E-state index contributed by atoms with van der Waals surface area (Å²) in [5.41, 5.74) is 8.48. The van der Waals surface area contributed by atoms with Crippen molar-refractivity contribution in [1.29, 1.82) is 0 Å². The van der Waals surface area contributed by atoms with Crippen molar-refractivity contribution in [3.63, 3.8) is 0 Å². The number of oxime groups is 1. The zero-order chi connectivity index (χ0) is 24.4. The fraction of sp³-hybridized carbons (Fsp3) is 0.480. The van der Waals surface area contributed by atoms with Crippen molar-refractivity contribution < 1.29 is 14.7 Å². The average molecular weight is 480 g/mol. The van der Waals surface area contributed by atoms with Crippen LogP contribution < -0.4 is 15.5 Å². The Bertz CT molecular complexity index is 1080. The molecule has 1 saturated carbocycles. The van der Waals surface area contributed by atoms with Crippen LogP contribution in [0.4, 0.5) is 16.3 Å². The molecule has 10 heteroatoms. The van der Waals surface area contributed by atoms with Crippen LogP contribution in [0, 0.1) is 0 Å². The molecule has 0 unspecified atom stereocenters. The molecule has 3 heterocycles. The minimum Gasteiger partial charge on any atom is -0.445 e. The number of amides is 1. The molecule has 1 aromatic heterocycles. The molecule has 1 spiro atoms. The molecule has 2 saturated heterocycles. The first-order valence-electron chi connectivity index (χ1n) is 12.1. The highest BCUT2D eigenvalue weighted by atomic mass is 16.6. The Morgan fingerprint density at radius 1 is 1.11 bits per heavy atom. The predicted molar refractivity (Wildman–Crippen MR) is 134 cm³/mol. The maximum atomic E-state index is 12.6. The molecule has 35 heavy (non-hydrogen) atoms. The number of benzene rings is 1. The number of hydrogen-bond acceptors (Lipinski definition) is 8. The summed E-state index contributed by atoms with van der Waals surface area (Å²) in [5, 5.41) is 12.5. The lowest BCUT2D eigenvalue weighted by Crippen LogP contribution is -2.54. The molecule has 0 radical (unpaired) electrons. The van der Waals surface area contributed by atoms with Crippen molar-refractivity contribution in [1.82, 2.24) is 14.8 Å². The number of pyridine rings is 1. The first-order valence-corrected chi connectivity index (χ1v) is 12.1. The summed E-state index contributed by atoms with van der Waals surface area (Å²) < 4.78 is 5.50. The van der Waals surface area contributed by atoms with E-state index in [0.29, 0.717) is 31.9 Å². The third kappa shape index (κ3) is 4.97. The third-order valence-electron chi connectivity index (χ3n) is 7.22. The Hall–Kier alpha value is -3.53. The van der Waals surface area contributed by atoms with Crippen molar-refractivity contribution in [2.24, 2.45) is 10.9 Å². The van der Waals surface area contributed by atoms with Crippen LogP contribution in [0.1, 0.15) is 24.1 Å². The molecular weight excluding hydrogens is 446 g/mol. The normalized spacial score (nSPS) is 20.3. The molecule has 1 amide bonds. The van der Waals surface area contributed by atoms with Crippen LogP contribution in [-0.4, -0.2) is 90.3 Å². The number of carbonyl (C=O) groups excluding carboxylic acids is 1. The lowest BCUT2D eigenvalue weighted by atomic mass is 10.1. The van der Waals surface area contributed by atoms with Crippen molar-refractivity contribution in [2.75, 3.05) is 62.7 Å². The fourth-order valence-corrected chi connectivity index (χ4v) is 5.07. The highest BCUT2D eigenvalue weighted by Crippen LogP contribution is 2.46. The van der Waals surface area contributed by atoms with E-state index >= 15 is 0 Å². The summed E-state index contributed by atoms with van der Waals surface area (Å²) in [5.74, 6) is 0.856. The quantitative estimate of drug-likeness (QED) is 0.290. The molecule has 3 N–H and O–H groups in total. The molecule has 2 aromatic rings. The van der Waals surface area contributed by atoms with Crippen LogP contribution in [0.5, 0.6) is 0 Å². The predicted octanol–water partition coefficient (Wildman–Crippen LogP) is 1.92. The average Bonchev–Trinajstić information content (AvgIpc) is 3.66. The minimum absolute atomic E-state index is 0.00444. The molecule has 1 aliphatic carbocycles. The SMILES string of the molecule is CN1CCN(c2cc(N3CCN(C(=O)OCc4ccccc4)CC3)cc(/C(N)=N/O)n2)C2(CC2)C1. The first-order chi connectivity index (χ1) is 17.0. The van der Waals surface area contributed by atoms with E-state index in [1.807, 2.05) is 36.4 Å². The number of rotatable bonds is 5. The van der Waals surface area contributed by atoms with Gasteiger partial charge in [0.25, 0.3) is 0 Å². The van der Waals surface area contributed by atoms with E-state index in [9.17, 15) is 10.0 Å². The van der Waals surface area contributed by atoms with Gasteiger partial charge in [-0.05, 0) is 31.5 Å². The van der Waals surface area contributed by atoms with Crippen LogP contribution >= 0.6 is 0 Å². The topological polar surface area (TPSA) is 111 Å². The maximum Gasteiger partial charge on any atom is 0.410 e. The number of anilines is 2. The third-order valence-corrected chi connectivity index (χ3v) is 7.22. The first kappa shape index (κ1) is 23.2. The summed E-state index contributed by atoms with van der Waals surface area (Å²) >= 11 is 0. The molecule has 0 bridgehead atoms. The van der Waals surface area contributed by atoms with Gasteiger partial charge in [-0.2, -0.15) is 0 Å². The molecule has 3 fully saturated rings. The zero-order valence-corrected chi connectivity index (χ0v) is 20.1. The summed E-state index contributed by atoms with van der Waals surface area (Å²) in [6.45, 7) is 5.58. The van der Waals surface area contributed by atoms with Gasteiger partial charge in [0.15, 0.2) is 5.84 Å². The maximum absolute atomic E-state index is 12.6. The minimum atomic E-state index is -0.297. The van der Waals surface area contributed by atoms with E-state index in [1.165, 1.54) is 0 Å². The van der Waals surface area contributed by atoms with Gasteiger partial charge < -0.3 is 35.3 Å². The van der Waals surface area contributed by atoms with Crippen LogP contribution in [0.25, 0.3) is 0 Å². The van der Waals surface area contributed by atoms with E-state index in [2.05, 4.69) is 33.0 Å². The van der Waals surface area contributed by atoms with E-state index in [0.717, 1.165) is 49.5 Å². The van der Waals surface area contributed by atoms with Gasteiger partial charge in [0.05, 0.1) is 5.54 Å². The highest BCUT2D eigenvalue weighted by Gasteiger charge is 2.51. The number of aromatic nitrogens is 1. The van der Waals surface area contributed by atoms with E-state index in [-0.39, 0.29) is 24.1 Å². The van der Waals surface area contributed by atoms with Gasteiger partial charge in [-0.3, -0.25) is 0 Å². The van der Waals surface area contributed by atoms with E-state index in [4.69, 9.17) is 15.5 Å². The van der Waals surface area contributed by atoms with Gasteiger partial charge in [-0.1, -0.05) is 35.5 Å². The number of likely N-dealkylation sites (N-methyl/N-ethyl adjacent to an activating group) is 1. The fourth-order valence-electron chi connectivity index (χ4n) is 5.07. The molecule has 1 aromatic carbocycles. The Kier molecular flexibility index (Phi) is 6.38. The Morgan fingerprint density at radius 2 is 1.86 bits per heavy atom. The van der Waals surface area contributed by atoms with Gasteiger partial charge in [0, 0.05) is 57.6 Å². The van der Waals surface area contributed by atoms with Crippen LogP contribution in [-0.2, 0) is 11.3 Å². The lowest BCUT2D eigenvalue weighted by Gasteiger charge is -2.42. The number of piperazine rings is 2. The number of nitrogens with zero attached hydrogens (tertiary/aromatic N) is 6. The van der Waals surface area contributed by atoms with Gasteiger partial charge in [-0.25, -0.2) is 9.78 Å². The number of ether oxygens (including phenoxy) is 1. The molecule has 0 atom stereocenters. The second-order valence-electron chi connectivity index (χ2n) is 9.68. The molecule has 2 aliphatic heterocycles. The number of hydrogen-bond donors (Lipinski definition) is 2. The summed E-state index contributed by atoms with van der Waals surface area (Å²) in [6.07, 6.45) is 1.99. The number of amidine groups is 1.